The van der Waals surface area contributed by atoms with Gasteiger partial charge in [-0.25, -0.2) is 9.97 Å². The second kappa shape index (κ2) is 8.60. The number of nitrogens with zero attached hydrogens (tertiary/aromatic N) is 3. The number of para-hydroxylation sites is 2. The van der Waals surface area contributed by atoms with E-state index >= 15 is 0 Å². The van der Waals surface area contributed by atoms with Crippen LogP contribution in [0, 0.1) is 19.8 Å². The van der Waals surface area contributed by atoms with Crippen LogP contribution in [0.15, 0.2) is 40.9 Å². The minimum atomic E-state index is -0.124. The van der Waals surface area contributed by atoms with Crippen molar-refractivity contribution in [2.45, 2.75) is 26.7 Å². The molecular weight excluding hydrogens is 444 g/mol. The first-order valence-electron chi connectivity index (χ1n) is 10.1. The molecule has 1 saturated heterocycles. The summed E-state index contributed by atoms with van der Waals surface area (Å²) in [7, 11) is 1.61. The van der Waals surface area contributed by atoms with Crippen molar-refractivity contribution in [2.24, 2.45) is 5.92 Å². The van der Waals surface area contributed by atoms with Crippen molar-refractivity contribution in [2.75, 3.05) is 30.4 Å². The van der Waals surface area contributed by atoms with Gasteiger partial charge in [0.05, 0.1) is 24.1 Å². The topological polar surface area (TPSA) is 67.4 Å². The lowest BCUT2D eigenvalue weighted by molar-refractivity contribution is -0.120. The van der Waals surface area contributed by atoms with E-state index in [-0.39, 0.29) is 11.8 Å². The Hall–Kier alpha value is -2.67. The molecule has 1 aliphatic rings. The molecule has 1 N–H and O–H groups in total. The molecule has 0 aliphatic carbocycles. The van der Waals surface area contributed by atoms with Crippen LogP contribution < -0.4 is 15.0 Å². The molecular formula is C23H25BrN4O2. The van der Waals surface area contributed by atoms with E-state index in [0.717, 1.165) is 51.7 Å². The quantitative estimate of drug-likeness (QED) is 0.591. The van der Waals surface area contributed by atoms with Gasteiger partial charge in [0.15, 0.2) is 5.82 Å². The van der Waals surface area contributed by atoms with E-state index in [0.29, 0.717) is 18.2 Å². The molecule has 1 amide bonds. The molecule has 0 spiro atoms. The third-order valence-corrected chi connectivity index (χ3v) is 6.76. The van der Waals surface area contributed by atoms with Crippen molar-refractivity contribution in [1.82, 2.24) is 9.97 Å². The van der Waals surface area contributed by atoms with E-state index in [4.69, 9.17) is 9.72 Å². The van der Waals surface area contributed by atoms with Gasteiger partial charge in [0.25, 0.3) is 5.88 Å². The fourth-order valence-corrected chi connectivity index (χ4v) is 4.19. The minimum Gasteiger partial charge on any atom is -0.478 e. The average Bonchev–Trinajstić information content (AvgIpc) is 2.76. The molecule has 3 aromatic rings. The summed E-state index contributed by atoms with van der Waals surface area (Å²) in [6, 6.07) is 11.7. The highest BCUT2D eigenvalue weighted by molar-refractivity contribution is 9.10. The Morgan fingerprint density at radius 1 is 1.17 bits per heavy atom. The molecule has 2 aromatic carbocycles. The normalized spacial score (nSPS) is 16.5. The number of halogens is 1. The van der Waals surface area contributed by atoms with Crippen molar-refractivity contribution >= 4 is 44.4 Å². The number of aryl methyl sites for hydroxylation is 2. The molecule has 1 unspecified atom stereocenters. The second-order valence-corrected chi connectivity index (χ2v) is 8.54. The molecule has 2 heterocycles. The van der Waals surface area contributed by atoms with Gasteiger partial charge in [-0.05, 0) is 62.1 Å². The largest absolute Gasteiger partial charge is 0.478 e. The van der Waals surface area contributed by atoms with Crippen LogP contribution in [-0.2, 0) is 4.79 Å². The van der Waals surface area contributed by atoms with Gasteiger partial charge in [-0.15, -0.1) is 0 Å². The maximum atomic E-state index is 13.0. The van der Waals surface area contributed by atoms with Crippen LogP contribution in [-0.4, -0.2) is 36.1 Å². The van der Waals surface area contributed by atoms with Gasteiger partial charge in [0.1, 0.15) is 0 Å². The number of carbonyl (C=O) groups excluding carboxylic acids is 1. The number of fused-ring (bicyclic) bond motifs is 1. The molecule has 4 rings (SSSR count). The summed E-state index contributed by atoms with van der Waals surface area (Å²) in [5, 5.41) is 3.10. The highest BCUT2D eigenvalue weighted by atomic mass is 79.9. The molecule has 1 fully saturated rings. The Morgan fingerprint density at radius 3 is 2.50 bits per heavy atom. The van der Waals surface area contributed by atoms with Crippen LogP contribution >= 0.6 is 15.9 Å². The van der Waals surface area contributed by atoms with Gasteiger partial charge in [-0.2, -0.15) is 0 Å². The smallest absolute Gasteiger partial charge is 0.257 e. The number of anilines is 2. The first-order chi connectivity index (χ1) is 14.5. The maximum absolute atomic E-state index is 13.0. The lowest BCUT2D eigenvalue weighted by Crippen LogP contribution is -2.41. The van der Waals surface area contributed by atoms with Gasteiger partial charge in [0.2, 0.25) is 5.91 Å². The molecule has 0 radical (unpaired) electrons. The predicted octanol–water partition coefficient (Wildman–Crippen LogP) is 4.87. The van der Waals surface area contributed by atoms with Gasteiger partial charge in [-0.1, -0.05) is 28.1 Å². The lowest BCUT2D eigenvalue weighted by atomic mass is 9.97. The molecule has 0 saturated carbocycles. The predicted molar refractivity (Wildman–Crippen MR) is 123 cm³/mol. The molecule has 30 heavy (non-hydrogen) atoms. The average molecular weight is 469 g/mol. The van der Waals surface area contributed by atoms with Crippen LogP contribution in [0.3, 0.4) is 0 Å². The first-order valence-corrected chi connectivity index (χ1v) is 10.9. The van der Waals surface area contributed by atoms with E-state index in [1.54, 1.807) is 7.11 Å². The highest BCUT2D eigenvalue weighted by Crippen LogP contribution is 2.31. The number of carbonyl (C=O) groups is 1. The van der Waals surface area contributed by atoms with Crippen LogP contribution in [0.2, 0.25) is 0 Å². The van der Waals surface area contributed by atoms with E-state index in [1.165, 1.54) is 0 Å². The van der Waals surface area contributed by atoms with Crippen molar-refractivity contribution in [1.29, 1.82) is 0 Å². The van der Waals surface area contributed by atoms with Crippen molar-refractivity contribution in [3.63, 3.8) is 0 Å². The summed E-state index contributed by atoms with van der Waals surface area (Å²) >= 11 is 3.58. The number of hydrogen-bond acceptors (Lipinski definition) is 5. The molecule has 6 nitrogen and oxygen atoms in total. The van der Waals surface area contributed by atoms with E-state index in [2.05, 4.69) is 31.1 Å². The SMILES string of the molecule is COc1nc2ccccc2nc1N1CCCC(C(=O)Nc2cc(C)c(Br)c(C)c2)C1. The fraction of sp³-hybridized carbons (Fsp3) is 0.348. The van der Waals surface area contributed by atoms with Gasteiger partial charge < -0.3 is 15.0 Å². The van der Waals surface area contributed by atoms with Crippen molar-refractivity contribution < 1.29 is 9.53 Å². The Kier molecular flexibility index (Phi) is 5.90. The number of amides is 1. The van der Waals surface area contributed by atoms with E-state index in [1.807, 2.05) is 50.2 Å². The summed E-state index contributed by atoms with van der Waals surface area (Å²) in [6.45, 7) is 5.47. The van der Waals surface area contributed by atoms with Gasteiger partial charge in [-0.3, -0.25) is 4.79 Å². The maximum Gasteiger partial charge on any atom is 0.257 e. The van der Waals surface area contributed by atoms with Crippen molar-refractivity contribution in [3.05, 3.63) is 52.0 Å². The summed E-state index contributed by atoms with van der Waals surface area (Å²) in [5.41, 5.74) is 4.66. The second-order valence-electron chi connectivity index (χ2n) is 7.74. The zero-order valence-electron chi connectivity index (χ0n) is 17.4. The number of piperidine rings is 1. The van der Waals surface area contributed by atoms with E-state index < -0.39 is 0 Å². The Morgan fingerprint density at radius 2 is 1.83 bits per heavy atom. The standard InChI is InChI=1S/C23H25BrN4O2/c1-14-11-17(12-15(2)20(14)24)25-22(29)16-7-6-10-28(13-16)21-23(30-3)27-19-9-5-4-8-18(19)26-21/h4-5,8-9,11-12,16H,6-7,10,13H2,1-3H3,(H,25,29). The van der Waals surface area contributed by atoms with Crippen molar-refractivity contribution in [3.8, 4) is 5.88 Å². The molecule has 0 bridgehead atoms. The zero-order chi connectivity index (χ0) is 21.3. The molecule has 156 valence electrons. The Bertz CT molecular complexity index is 1080. The third kappa shape index (κ3) is 4.12. The van der Waals surface area contributed by atoms with E-state index in [9.17, 15) is 4.79 Å². The molecule has 1 aromatic heterocycles. The molecule has 1 aliphatic heterocycles. The van der Waals surface area contributed by atoms with Crippen LogP contribution in [0.4, 0.5) is 11.5 Å². The number of aromatic nitrogens is 2. The fourth-order valence-electron chi connectivity index (χ4n) is 3.96. The number of nitrogens with one attached hydrogen (secondary N) is 1. The Balaban J connectivity index is 1.55. The monoisotopic (exact) mass is 468 g/mol. The zero-order valence-corrected chi connectivity index (χ0v) is 19.0. The summed E-state index contributed by atoms with van der Waals surface area (Å²) in [4.78, 5) is 24.5. The number of benzene rings is 2. The Labute approximate surface area is 184 Å². The summed E-state index contributed by atoms with van der Waals surface area (Å²) < 4.78 is 6.59. The first kappa shape index (κ1) is 20.6. The minimum absolute atomic E-state index is 0.0357. The third-order valence-electron chi connectivity index (χ3n) is 5.51. The van der Waals surface area contributed by atoms with Crippen LogP contribution in [0.25, 0.3) is 11.0 Å². The molecule has 7 heteroatoms. The lowest BCUT2D eigenvalue weighted by Gasteiger charge is -2.33. The van der Waals surface area contributed by atoms with Crippen LogP contribution in [0.1, 0.15) is 24.0 Å². The highest BCUT2D eigenvalue weighted by Gasteiger charge is 2.29. The summed E-state index contributed by atoms with van der Waals surface area (Å²) in [6.07, 6.45) is 1.76. The number of ether oxygens (including phenoxy) is 1. The number of rotatable bonds is 4. The number of hydrogen-bond donors (Lipinski definition) is 1. The van der Waals surface area contributed by atoms with Gasteiger partial charge >= 0.3 is 0 Å². The summed E-state index contributed by atoms with van der Waals surface area (Å²) in [5.74, 6) is 1.10. The van der Waals surface area contributed by atoms with Gasteiger partial charge in [0, 0.05) is 23.2 Å². The van der Waals surface area contributed by atoms with Crippen LogP contribution in [0.5, 0.6) is 5.88 Å². The molecule has 1 atom stereocenters. The number of methoxy groups -OCH3 is 1.